The molecule has 0 amide bonds. The van der Waals surface area contributed by atoms with Gasteiger partial charge in [0.25, 0.3) is 0 Å². The van der Waals surface area contributed by atoms with Gasteiger partial charge in [0.05, 0.1) is 5.57 Å². The lowest BCUT2D eigenvalue weighted by Crippen LogP contribution is -2.00. The van der Waals surface area contributed by atoms with Crippen LogP contribution < -0.4 is 0 Å². The van der Waals surface area contributed by atoms with Crippen LogP contribution in [0.25, 0.3) is 22.4 Å². The highest BCUT2D eigenvalue weighted by molar-refractivity contribution is 7.11. The van der Waals surface area contributed by atoms with Crippen molar-refractivity contribution in [2.24, 2.45) is 0 Å². The molecule has 0 bridgehead atoms. The lowest BCUT2D eigenvalue weighted by Gasteiger charge is -2.07. The zero-order chi connectivity index (χ0) is 13.9. The van der Waals surface area contributed by atoms with E-state index in [4.69, 9.17) is 0 Å². The van der Waals surface area contributed by atoms with E-state index < -0.39 is 5.97 Å². The van der Waals surface area contributed by atoms with E-state index in [2.05, 4.69) is 0 Å². The van der Waals surface area contributed by atoms with Gasteiger partial charge in [-0.05, 0) is 33.9 Å². The van der Waals surface area contributed by atoms with Gasteiger partial charge in [0.2, 0.25) is 0 Å². The number of hydrogen-bond donors (Lipinski definition) is 1. The van der Waals surface area contributed by atoms with E-state index in [9.17, 15) is 9.90 Å². The average Bonchev–Trinajstić information content (AvgIpc) is 2.97. The van der Waals surface area contributed by atoms with Crippen molar-refractivity contribution < 1.29 is 9.90 Å². The minimum absolute atomic E-state index is 0.323. The third-order valence-corrected chi connectivity index (χ3v) is 3.96. The van der Waals surface area contributed by atoms with Crippen molar-refractivity contribution in [3.8, 4) is 0 Å². The molecule has 1 N–H and O–H groups in total. The van der Waals surface area contributed by atoms with Crippen LogP contribution >= 0.6 is 11.3 Å². The van der Waals surface area contributed by atoms with E-state index in [1.165, 1.54) is 11.3 Å². The van der Waals surface area contributed by atoms with E-state index in [0.29, 0.717) is 5.57 Å². The van der Waals surface area contributed by atoms with E-state index in [1.54, 1.807) is 6.08 Å². The summed E-state index contributed by atoms with van der Waals surface area (Å²) in [5.74, 6) is -0.908. The SMILES string of the molecule is O=C(O)/C(=C\c1cccs1)c1cccc2ccccc12. The maximum Gasteiger partial charge on any atom is 0.336 e. The minimum atomic E-state index is -0.908. The molecule has 0 saturated heterocycles. The third kappa shape index (κ3) is 2.36. The summed E-state index contributed by atoms with van der Waals surface area (Å²) in [6, 6.07) is 17.4. The molecule has 1 heterocycles. The molecule has 1 aromatic heterocycles. The highest BCUT2D eigenvalue weighted by Gasteiger charge is 2.13. The Hall–Kier alpha value is -2.39. The van der Waals surface area contributed by atoms with Crippen LogP contribution in [0, 0.1) is 0 Å². The fraction of sp³-hybridized carbons (Fsp3) is 0. The average molecular weight is 280 g/mol. The second kappa shape index (κ2) is 5.31. The van der Waals surface area contributed by atoms with Crippen LogP contribution in [0.3, 0.4) is 0 Å². The number of carboxylic acids is 1. The van der Waals surface area contributed by atoms with E-state index in [0.717, 1.165) is 21.2 Å². The molecule has 0 radical (unpaired) electrons. The molecule has 98 valence electrons. The number of benzene rings is 2. The summed E-state index contributed by atoms with van der Waals surface area (Å²) in [5, 5.41) is 13.5. The quantitative estimate of drug-likeness (QED) is 0.716. The Balaban J connectivity index is 2.23. The van der Waals surface area contributed by atoms with Crippen LogP contribution in [0.1, 0.15) is 10.4 Å². The molecule has 0 unspecified atom stereocenters. The van der Waals surface area contributed by atoms with Crippen molar-refractivity contribution in [2.45, 2.75) is 0 Å². The smallest absolute Gasteiger partial charge is 0.336 e. The number of carboxylic acid groups (broad SMARTS) is 1. The van der Waals surface area contributed by atoms with Crippen molar-refractivity contribution in [3.63, 3.8) is 0 Å². The van der Waals surface area contributed by atoms with Gasteiger partial charge < -0.3 is 5.11 Å². The lowest BCUT2D eigenvalue weighted by atomic mass is 9.98. The van der Waals surface area contributed by atoms with Gasteiger partial charge in [-0.25, -0.2) is 4.79 Å². The maximum atomic E-state index is 11.6. The molecule has 0 spiro atoms. The van der Waals surface area contributed by atoms with Gasteiger partial charge in [-0.2, -0.15) is 0 Å². The zero-order valence-electron chi connectivity index (χ0n) is 10.6. The summed E-state index contributed by atoms with van der Waals surface area (Å²) in [5.41, 5.74) is 1.08. The Kier molecular flexibility index (Phi) is 3.35. The number of hydrogen-bond acceptors (Lipinski definition) is 2. The molecule has 20 heavy (non-hydrogen) atoms. The minimum Gasteiger partial charge on any atom is -0.478 e. The highest BCUT2D eigenvalue weighted by Crippen LogP contribution is 2.27. The number of rotatable bonds is 3. The summed E-state index contributed by atoms with van der Waals surface area (Å²) in [4.78, 5) is 12.5. The first-order valence-corrected chi connectivity index (χ1v) is 7.10. The Morgan fingerprint density at radius 2 is 1.80 bits per heavy atom. The van der Waals surface area contributed by atoms with Gasteiger partial charge in [-0.1, -0.05) is 48.5 Å². The standard InChI is InChI=1S/C17H12O2S/c18-17(19)16(11-13-7-4-10-20-13)15-9-3-6-12-5-1-2-8-14(12)15/h1-11H,(H,18,19)/b16-11-. The molecule has 0 aliphatic rings. The van der Waals surface area contributed by atoms with Gasteiger partial charge in [-0.15, -0.1) is 11.3 Å². The molecular formula is C17H12O2S. The number of thiophene rings is 1. The predicted octanol–water partition coefficient (Wildman–Crippen LogP) is 4.53. The van der Waals surface area contributed by atoms with Crippen molar-refractivity contribution in [1.29, 1.82) is 0 Å². The number of fused-ring (bicyclic) bond motifs is 1. The Morgan fingerprint density at radius 3 is 2.55 bits per heavy atom. The summed E-state index contributed by atoms with van der Waals surface area (Å²) < 4.78 is 0. The van der Waals surface area contributed by atoms with Crippen LogP contribution in [0.15, 0.2) is 60.0 Å². The van der Waals surface area contributed by atoms with Crippen LogP contribution in [-0.2, 0) is 4.79 Å². The second-order valence-corrected chi connectivity index (χ2v) is 5.38. The number of carbonyl (C=O) groups is 1. The third-order valence-electron chi connectivity index (χ3n) is 3.14. The molecule has 0 aliphatic carbocycles. The summed E-state index contributed by atoms with van der Waals surface area (Å²) in [6.07, 6.45) is 1.73. The van der Waals surface area contributed by atoms with Crippen LogP contribution in [0.2, 0.25) is 0 Å². The second-order valence-electron chi connectivity index (χ2n) is 4.41. The summed E-state index contributed by atoms with van der Waals surface area (Å²) in [7, 11) is 0. The van der Waals surface area contributed by atoms with Crippen molar-refractivity contribution in [3.05, 3.63) is 70.4 Å². The molecule has 0 aliphatic heterocycles. The Bertz CT molecular complexity index is 780. The molecule has 2 aromatic carbocycles. The zero-order valence-corrected chi connectivity index (χ0v) is 11.4. The normalized spacial score (nSPS) is 11.7. The van der Waals surface area contributed by atoms with Crippen LogP contribution in [0.5, 0.6) is 0 Å². The molecule has 3 heteroatoms. The molecular weight excluding hydrogens is 268 g/mol. The lowest BCUT2D eigenvalue weighted by molar-refractivity contribution is -0.130. The van der Waals surface area contributed by atoms with Crippen molar-refractivity contribution in [1.82, 2.24) is 0 Å². The first-order chi connectivity index (χ1) is 9.75. The first-order valence-electron chi connectivity index (χ1n) is 6.22. The Morgan fingerprint density at radius 1 is 1.00 bits per heavy atom. The predicted molar refractivity (Wildman–Crippen MR) is 83.8 cm³/mol. The van der Waals surface area contributed by atoms with Gasteiger partial charge in [0, 0.05) is 4.88 Å². The fourth-order valence-electron chi connectivity index (χ4n) is 2.23. The number of aliphatic carboxylic acids is 1. The topological polar surface area (TPSA) is 37.3 Å². The molecule has 2 nitrogen and oxygen atoms in total. The van der Waals surface area contributed by atoms with Crippen LogP contribution in [0.4, 0.5) is 0 Å². The van der Waals surface area contributed by atoms with Crippen LogP contribution in [-0.4, -0.2) is 11.1 Å². The molecule has 0 atom stereocenters. The van der Waals surface area contributed by atoms with E-state index >= 15 is 0 Å². The van der Waals surface area contributed by atoms with E-state index in [-0.39, 0.29) is 0 Å². The van der Waals surface area contributed by atoms with Crippen molar-refractivity contribution >= 4 is 39.7 Å². The van der Waals surface area contributed by atoms with Gasteiger partial charge in [0.1, 0.15) is 0 Å². The monoisotopic (exact) mass is 280 g/mol. The van der Waals surface area contributed by atoms with Gasteiger partial charge >= 0.3 is 5.97 Å². The maximum absolute atomic E-state index is 11.6. The molecule has 3 aromatic rings. The first kappa shape index (κ1) is 12.6. The van der Waals surface area contributed by atoms with Crippen molar-refractivity contribution in [2.75, 3.05) is 0 Å². The Labute approximate surface area is 120 Å². The van der Waals surface area contributed by atoms with Gasteiger partial charge in [0.15, 0.2) is 0 Å². The summed E-state index contributed by atoms with van der Waals surface area (Å²) >= 11 is 1.53. The molecule has 0 saturated carbocycles. The van der Waals surface area contributed by atoms with Gasteiger partial charge in [-0.3, -0.25) is 0 Å². The fourth-order valence-corrected chi connectivity index (χ4v) is 2.89. The largest absolute Gasteiger partial charge is 0.478 e. The van der Waals surface area contributed by atoms with E-state index in [1.807, 2.05) is 60.0 Å². The molecule has 3 rings (SSSR count). The highest BCUT2D eigenvalue weighted by atomic mass is 32.1. The summed E-state index contributed by atoms with van der Waals surface area (Å²) in [6.45, 7) is 0. The molecule has 0 fully saturated rings.